The first-order chi connectivity index (χ1) is 8.68. The number of rotatable bonds is 1. The minimum atomic E-state index is 0.603. The van der Waals surface area contributed by atoms with E-state index in [1.807, 2.05) is 47.7 Å². The van der Waals surface area contributed by atoms with Crippen molar-refractivity contribution in [2.24, 2.45) is 0 Å². The van der Waals surface area contributed by atoms with Crippen LogP contribution in [-0.2, 0) is 0 Å². The van der Waals surface area contributed by atoms with Crippen molar-refractivity contribution < 1.29 is 0 Å². The smallest absolute Gasteiger partial charge is 0.184 e. The van der Waals surface area contributed by atoms with Gasteiger partial charge in [-0.25, -0.2) is 0 Å². The van der Waals surface area contributed by atoms with E-state index in [1.54, 1.807) is 0 Å². The Bertz CT molecular complexity index is 733. The van der Waals surface area contributed by atoms with Crippen LogP contribution in [0.4, 0.5) is 5.69 Å². The van der Waals surface area contributed by atoms with Crippen LogP contribution in [0.25, 0.3) is 17.0 Å². The molecular weight excluding hydrogens is 248 g/mol. The van der Waals surface area contributed by atoms with Gasteiger partial charge in [0.2, 0.25) is 0 Å². The predicted octanol–water partition coefficient (Wildman–Crippen LogP) is 2.94. The maximum atomic E-state index is 6.20. The topological polar surface area (TPSA) is 56.2 Å². The number of benzene rings is 1. The molecule has 90 valence electrons. The van der Waals surface area contributed by atoms with Gasteiger partial charge in [-0.2, -0.15) is 0 Å². The summed E-state index contributed by atoms with van der Waals surface area (Å²) >= 11 is 6.20. The number of pyridine rings is 1. The van der Waals surface area contributed by atoms with E-state index in [0.29, 0.717) is 22.2 Å². The molecule has 0 spiro atoms. The molecule has 4 nitrogen and oxygen atoms in total. The Labute approximate surface area is 109 Å². The van der Waals surface area contributed by atoms with Gasteiger partial charge >= 0.3 is 0 Å². The second kappa shape index (κ2) is 3.99. The lowest BCUT2D eigenvalue weighted by atomic mass is 10.2. The Hall–Kier alpha value is -2.07. The van der Waals surface area contributed by atoms with Gasteiger partial charge in [0.1, 0.15) is 0 Å². The third kappa shape index (κ3) is 1.54. The molecule has 2 heterocycles. The van der Waals surface area contributed by atoms with Gasteiger partial charge in [-0.1, -0.05) is 23.7 Å². The van der Waals surface area contributed by atoms with Crippen molar-refractivity contribution in [1.82, 2.24) is 14.6 Å². The van der Waals surface area contributed by atoms with Gasteiger partial charge < -0.3 is 5.73 Å². The Kier molecular flexibility index (Phi) is 2.45. The summed E-state index contributed by atoms with van der Waals surface area (Å²) in [4.78, 5) is 0. The highest BCUT2D eigenvalue weighted by atomic mass is 35.5. The van der Waals surface area contributed by atoms with E-state index in [2.05, 4.69) is 10.2 Å². The maximum Gasteiger partial charge on any atom is 0.184 e. The zero-order chi connectivity index (χ0) is 12.7. The largest absolute Gasteiger partial charge is 0.396 e. The average Bonchev–Trinajstić information content (AvgIpc) is 2.80. The molecule has 2 aromatic heterocycles. The molecular formula is C13H11ClN4. The number of aromatic nitrogens is 3. The Morgan fingerprint density at radius 3 is 2.67 bits per heavy atom. The van der Waals surface area contributed by atoms with E-state index in [4.69, 9.17) is 17.3 Å². The van der Waals surface area contributed by atoms with Crippen molar-refractivity contribution in [2.45, 2.75) is 6.92 Å². The minimum Gasteiger partial charge on any atom is -0.396 e. The molecule has 0 aliphatic carbocycles. The van der Waals surface area contributed by atoms with Crippen LogP contribution in [0.5, 0.6) is 0 Å². The van der Waals surface area contributed by atoms with Gasteiger partial charge in [0.25, 0.3) is 0 Å². The number of nitrogen functional groups attached to an aromatic ring is 1. The second-order valence-corrected chi connectivity index (χ2v) is 4.50. The van der Waals surface area contributed by atoms with Crippen molar-refractivity contribution in [3.8, 4) is 11.4 Å². The van der Waals surface area contributed by atoms with Gasteiger partial charge in [0, 0.05) is 11.3 Å². The molecule has 18 heavy (non-hydrogen) atoms. The molecule has 2 N–H and O–H groups in total. The van der Waals surface area contributed by atoms with Crippen molar-refractivity contribution in [3.05, 3.63) is 47.1 Å². The molecule has 0 saturated carbocycles. The number of hydrogen-bond donors (Lipinski definition) is 1. The summed E-state index contributed by atoms with van der Waals surface area (Å²) in [5.74, 6) is 0.709. The highest BCUT2D eigenvalue weighted by Gasteiger charge is 2.13. The summed E-state index contributed by atoms with van der Waals surface area (Å²) in [5, 5.41) is 8.97. The Balaban J connectivity index is 2.38. The van der Waals surface area contributed by atoms with Crippen molar-refractivity contribution >= 4 is 22.9 Å². The highest BCUT2D eigenvalue weighted by molar-refractivity contribution is 6.33. The molecule has 1 aromatic carbocycles. The average molecular weight is 259 g/mol. The van der Waals surface area contributed by atoms with Crippen molar-refractivity contribution in [2.75, 3.05) is 5.73 Å². The molecule has 0 aliphatic rings. The first-order valence-electron chi connectivity index (χ1n) is 5.53. The maximum absolute atomic E-state index is 6.20. The first kappa shape index (κ1) is 11.0. The fourth-order valence-corrected chi connectivity index (χ4v) is 2.20. The van der Waals surface area contributed by atoms with E-state index in [0.717, 1.165) is 11.3 Å². The van der Waals surface area contributed by atoms with Crippen LogP contribution in [-0.4, -0.2) is 14.6 Å². The molecule has 3 rings (SSSR count). The molecule has 0 fully saturated rings. The Morgan fingerprint density at radius 1 is 1.11 bits per heavy atom. The fourth-order valence-electron chi connectivity index (χ4n) is 1.98. The number of hydrogen-bond acceptors (Lipinski definition) is 3. The normalized spacial score (nSPS) is 11.0. The SMILES string of the molecule is Cc1ccc(N)c2nnc(-c3ccccc3Cl)n12. The van der Waals surface area contributed by atoms with Gasteiger partial charge in [0.15, 0.2) is 11.5 Å². The summed E-state index contributed by atoms with van der Waals surface area (Å²) in [6, 6.07) is 11.3. The minimum absolute atomic E-state index is 0.603. The summed E-state index contributed by atoms with van der Waals surface area (Å²) in [5.41, 5.74) is 9.02. The van der Waals surface area contributed by atoms with Crippen LogP contribution in [0.15, 0.2) is 36.4 Å². The number of anilines is 1. The molecule has 0 unspecified atom stereocenters. The van der Waals surface area contributed by atoms with Crippen LogP contribution in [0.2, 0.25) is 5.02 Å². The molecule has 5 heteroatoms. The second-order valence-electron chi connectivity index (χ2n) is 4.09. The number of aryl methyl sites for hydroxylation is 1. The summed E-state index contributed by atoms with van der Waals surface area (Å²) in [7, 11) is 0. The van der Waals surface area contributed by atoms with Gasteiger partial charge in [-0.3, -0.25) is 4.40 Å². The van der Waals surface area contributed by atoms with Crippen molar-refractivity contribution in [3.63, 3.8) is 0 Å². The quantitative estimate of drug-likeness (QED) is 0.730. The van der Waals surface area contributed by atoms with Gasteiger partial charge in [-0.05, 0) is 31.2 Å². The van der Waals surface area contributed by atoms with E-state index in [1.165, 1.54) is 0 Å². The monoisotopic (exact) mass is 258 g/mol. The zero-order valence-corrected chi connectivity index (χ0v) is 10.5. The summed E-state index contributed by atoms with van der Waals surface area (Å²) in [6.07, 6.45) is 0. The Morgan fingerprint density at radius 2 is 1.89 bits per heavy atom. The van der Waals surface area contributed by atoms with Crippen LogP contribution in [0.1, 0.15) is 5.69 Å². The summed E-state index contributed by atoms with van der Waals surface area (Å²) < 4.78 is 1.91. The lowest BCUT2D eigenvalue weighted by molar-refractivity contribution is 1.08. The predicted molar refractivity (Wildman–Crippen MR) is 72.6 cm³/mol. The lowest BCUT2D eigenvalue weighted by Gasteiger charge is -2.06. The van der Waals surface area contributed by atoms with Crippen LogP contribution in [0.3, 0.4) is 0 Å². The van der Waals surface area contributed by atoms with E-state index in [9.17, 15) is 0 Å². The highest BCUT2D eigenvalue weighted by Crippen LogP contribution is 2.28. The molecule has 0 bridgehead atoms. The van der Waals surface area contributed by atoms with E-state index >= 15 is 0 Å². The zero-order valence-electron chi connectivity index (χ0n) is 9.76. The van der Waals surface area contributed by atoms with Crippen LogP contribution in [0, 0.1) is 6.92 Å². The van der Waals surface area contributed by atoms with Crippen LogP contribution < -0.4 is 5.73 Å². The molecule has 0 radical (unpaired) electrons. The number of fused-ring (bicyclic) bond motifs is 1. The molecule has 0 saturated heterocycles. The fraction of sp³-hybridized carbons (Fsp3) is 0.0769. The van der Waals surface area contributed by atoms with Crippen LogP contribution >= 0.6 is 11.6 Å². The van der Waals surface area contributed by atoms with Gasteiger partial charge in [-0.15, -0.1) is 10.2 Å². The number of nitrogens with two attached hydrogens (primary N) is 1. The van der Waals surface area contributed by atoms with Gasteiger partial charge in [0.05, 0.1) is 10.7 Å². The van der Waals surface area contributed by atoms with E-state index in [-0.39, 0.29) is 0 Å². The first-order valence-corrected chi connectivity index (χ1v) is 5.91. The van der Waals surface area contributed by atoms with Crippen molar-refractivity contribution in [1.29, 1.82) is 0 Å². The third-order valence-electron chi connectivity index (χ3n) is 2.89. The molecule has 3 aromatic rings. The lowest BCUT2D eigenvalue weighted by Crippen LogP contribution is -1.98. The number of halogens is 1. The molecule has 0 aliphatic heterocycles. The molecule has 0 atom stereocenters. The molecule has 0 amide bonds. The standard InChI is InChI=1S/C13H11ClN4/c1-8-6-7-11(15)13-17-16-12(18(8)13)9-4-2-3-5-10(9)14/h2-7H,15H2,1H3. The third-order valence-corrected chi connectivity index (χ3v) is 3.22. The number of nitrogens with zero attached hydrogens (tertiary/aromatic N) is 3. The summed E-state index contributed by atoms with van der Waals surface area (Å²) in [6.45, 7) is 1.98. The van der Waals surface area contributed by atoms with E-state index < -0.39 is 0 Å².